The fraction of sp³-hybridized carbons (Fsp3) is 0.400. The van der Waals surface area contributed by atoms with Gasteiger partial charge in [0.15, 0.2) is 0 Å². The van der Waals surface area contributed by atoms with Gasteiger partial charge in [-0.05, 0) is 12.5 Å². The van der Waals surface area contributed by atoms with Crippen LogP contribution in [0.25, 0.3) is 0 Å². The van der Waals surface area contributed by atoms with E-state index in [1.165, 1.54) is 12.3 Å². The second kappa shape index (κ2) is 5.73. The Hall–Kier alpha value is -1.48. The Kier molecular flexibility index (Phi) is 4.58. The monoisotopic (exact) mass is 264 g/mol. The van der Waals surface area contributed by atoms with Crippen molar-refractivity contribution in [3.8, 4) is 11.9 Å². The molecule has 1 heterocycles. The van der Waals surface area contributed by atoms with Gasteiger partial charge >= 0.3 is 6.18 Å². The predicted molar refractivity (Wildman–Crippen MR) is 54.7 cm³/mol. The largest absolute Gasteiger partial charge is 0.477 e. The highest BCUT2D eigenvalue weighted by Gasteiger charge is 2.26. The highest BCUT2D eigenvalue weighted by molar-refractivity contribution is 6.32. The van der Waals surface area contributed by atoms with E-state index in [2.05, 4.69) is 4.98 Å². The summed E-state index contributed by atoms with van der Waals surface area (Å²) in [5.41, 5.74) is 0.174. The third-order valence-corrected chi connectivity index (χ3v) is 2.19. The van der Waals surface area contributed by atoms with Crippen LogP contribution in [0.2, 0.25) is 5.02 Å². The summed E-state index contributed by atoms with van der Waals surface area (Å²) < 4.78 is 40.5. The van der Waals surface area contributed by atoms with Crippen molar-refractivity contribution in [2.24, 2.45) is 0 Å². The highest BCUT2D eigenvalue weighted by Crippen LogP contribution is 2.26. The summed E-state index contributed by atoms with van der Waals surface area (Å²) in [4.78, 5) is 3.73. The molecule has 0 fully saturated rings. The first-order chi connectivity index (χ1) is 7.94. The lowest BCUT2D eigenvalue weighted by atomic mass is 10.3. The van der Waals surface area contributed by atoms with Crippen molar-refractivity contribution in [2.75, 3.05) is 6.61 Å². The van der Waals surface area contributed by atoms with Crippen LogP contribution in [0.15, 0.2) is 12.3 Å². The van der Waals surface area contributed by atoms with Crippen LogP contribution in [0.5, 0.6) is 5.88 Å². The van der Waals surface area contributed by atoms with Crippen molar-refractivity contribution < 1.29 is 17.9 Å². The fourth-order valence-corrected chi connectivity index (χ4v) is 1.26. The highest BCUT2D eigenvalue weighted by atomic mass is 35.5. The molecule has 1 rings (SSSR count). The Morgan fingerprint density at radius 2 is 2.18 bits per heavy atom. The quantitative estimate of drug-likeness (QED) is 0.784. The van der Waals surface area contributed by atoms with Crippen molar-refractivity contribution in [3.63, 3.8) is 0 Å². The van der Waals surface area contributed by atoms with Gasteiger partial charge in [-0.3, -0.25) is 0 Å². The lowest BCUT2D eigenvalue weighted by Gasteiger charge is -2.08. The summed E-state index contributed by atoms with van der Waals surface area (Å²) in [6.45, 7) is -0.152. The molecule has 92 valence electrons. The van der Waals surface area contributed by atoms with Gasteiger partial charge in [0.1, 0.15) is 11.1 Å². The Morgan fingerprint density at radius 1 is 1.47 bits per heavy atom. The average molecular weight is 265 g/mol. The molecule has 0 aliphatic heterocycles. The number of hydrogen-bond donors (Lipinski definition) is 0. The van der Waals surface area contributed by atoms with Gasteiger partial charge in [-0.2, -0.15) is 18.4 Å². The van der Waals surface area contributed by atoms with E-state index in [0.29, 0.717) is 0 Å². The molecule has 0 atom stereocenters. The summed E-state index contributed by atoms with van der Waals surface area (Å²) in [7, 11) is 0. The maximum absolute atomic E-state index is 11.8. The topological polar surface area (TPSA) is 45.9 Å². The maximum atomic E-state index is 11.8. The summed E-state index contributed by atoms with van der Waals surface area (Å²) in [6.07, 6.45) is -4.00. The van der Waals surface area contributed by atoms with E-state index < -0.39 is 12.6 Å². The molecular weight excluding hydrogens is 257 g/mol. The van der Waals surface area contributed by atoms with E-state index in [-0.39, 0.29) is 29.5 Å². The van der Waals surface area contributed by atoms with E-state index in [1.807, 2.05) is 6.07 Å². The third-order valence-electron chi connectivity index (χ3n) is 1.82. The first-order valence-corrected chi connectivity index (χ1v) is 5.06. The van der Waals surface area contributed by atoms with Crippen LogP contribution in [-0.4, -0.2) is 17.8 Å². The van der Waals surface area contributed by atoms with Crippen LogP contribution in [-0.2, 0) is 0 Å². The number of halogens is 4. The molecule has 0 bridgehead atoms. The number of pyridine rings is 1. The number of aromatic nitrogens is 1. The molecule has 0 spiro atoms. The first kappa shape index (κ1) is 13.6. The molecule has 0 aliphatic rings. The minimum atomic E-state index is -4.20. The second-order valence-electron chi connectivity index (χ2n) is 3.16. The smallest absolute Gasteiger partial charge is 0.389 e. The molecule has 1 aromatic heterocycles. The van der Waals surface area contributed by atoms with E-state index >= 15 is 0 Å². The van der Waals surface area contributed by atoms with E-state index in [1.54, 1.807) is 0 Å². The van der Waals surface area contributed by atoms with Crippen LogP contribution in [0.3, 0.4) is 0 Å². The molecule has 0 saturated heterocycles. The Balaban J connectivity index is 2.51. The lowest BCUT2D eigenvalue weighted by molar-refractivity contribution is -0.136. The Bertz CT molecular complexity index is 429. The van der Waals surface area contributed by atoms with Crippen molar-refractivity contribution in [3.05, 3.63) is 22.8 Å². The van der Waals surface area contributed by atoms with Crippen molar-refractivity contribution in [1.29, 1.82) is 5.26 Å². The minimum absolute atomic E-state index is 0.0157. The van der Waals surface area contributed by atoms with Crippen molar-refractivity contribution in [1.82, 2.24) is 4.98 Å². The molecule has 0 aromatic carbocycles. The number of alkyl halides is 3. The number of nitrogens with zero attached hydrogens (tertiary/aromatic N) is 2. The van der Waals surface area contributed by atoms with Gasteiger partial charge in [-0.25, -0.2) is 4.98 Å². The summed E-state index contributed by atoms with van der Waals surface area (Å²) in [6, 6.07) is 3.21. The first-order valence-electron chi connectivity index (χ1n) is 4.68. The third kappa shape index (κ3) is 4.49. The lowest BCUT2D eigenvalue weighted by Crippen LogP contribution is -2.10. The van der Waals surface area contributed by atoms with E-state index in [9.17, 15) is 13.2 Å². The van der Waals surface area contributed by atoms with Crippen LogP contribution in [0.4, 0.5) is 13.2 Å². The van der Waals surface area contributed by atoms with Crippen molar-refractivity contribution in [2.45, 2.75) is 19.0 Å². The zero-order valence-corrected chi connectivity index (χ0v) is 9.35. The molecular formula is C10H8ClF3N2O. The molecule has 0 N–H and O–H groups in total. The molecule has 0 aliphatic carbocycles. The van der Waals surface area contributed by atoms with Crippen LogP contribution in [0.1, 0.15) is 18.4 Å². The molecule has 0 saturated carbocycles. The van der Waals surface area contributed by atoms with E-state index in [4.69, 9.17) is 21.6 Å². The number of ether oxygens (including phenoxy) is 1. The molecule has 0 radical (unpaired) electrons. The minimum Gasteiger partial charge on any atom is -0.477 e. The van der Waals surface area contributed by atoms with Gasteiger partial charge in [0.2, 0.25) is 5.88 Å². The van der Waals surface area contributed by atoms with Crippen molar-refractivity contribution >= 4 is 11.6 Å². The molecule has 0 unspecified atom stereocenters. The number of hydrogen-bond acceptors (Lipinski definition) is 3. The number of rotatable bonds is 4. The van der Waals surface area contributed by atoms with Gasteiger partial charge in [-0.1, -0.05) is 11.6 Å². The summed E-state index contributed by atoms with van der Waals surface area (Å²) >= 11 is 5.75. The summed E-state index contributed by atoms with van der Waals surface area (Å²) in [5, 5.41) is 8.67. The van der Waals surface area contributed by atoms with Crippen LogP contribution in [0, 0.1) is 11.3 Å². The average Bonchev–Trinajstić information content (AvgIpc) is 2.25. The van der Waals surface area contributed by atoms with Gasteiger partial charge in [0.25, 0.3) is 0 Å². The standard InChI is InChI=1S/C10H8ClF3N2O/c11-8-7(6-15)2-4-16-9(8)17-5-1-3-10(12,13)14/h2,4H,1,3,5H2. The van der Waals surface area contributed by atoms with E-state index in [0.717, 1.165) is 0 Å². The normalized spacial score (nSPS) is 11.0. The zero-order valence-electron chi connectivity index (χ0n) is 8.59. The molecule has 1 aromatic rings. The predicted octanol–water partition coefficient (Wildman–Crippen LogP) is 3.33. The Morgan fingerprint density at radius 3 is 2.76 bits per heavy atom. The van der Waals surface area contributed by atoms with Gasteiger partial charge in [0, 0.05) is 12.6 Å². The fourth-order valence-electron chi connectivity index (χ4n) is 1.05. The SMILES string of the molecule is N#Cc1ccnc(OCCCC(F)(F)F)c1Cl. The summed E-state index contributed by atoms with van der Waals surface area (Å²) in [5.74, 6) is -0.0205. The molecule has 7 heteroatoms. The van der Waals surface area contributed by atoms with Gasteiger partial charge < -0.3 is 4.74 Å². The second-order valence-corrected chi connectivity index (χ2v) is 3.53. The molecule has 0 amide bonds. The maximum Gasteiger partial charge on any atom is 0.389 e. The zero-order chi connectivity index (χ0) is 12.9. The van der Waals surface area contributed by atoms with Crippen LogP contribution >= 0.6 is 11.6 Å². The number of nitriles is 1. The van der Waals surface area contributed by atoms with Crippen LogP contribution < -0.4 is 4.74 Å². The molecule has 17 heavy (non-hydrogen) atoms. The Labute approximate surface area is 101 Å². The molecule has 3 nitrogen and oxygen atoms in total. The van der Waals surface area contributed by atoms with Gasteiger partial charge in [0.05, 0.1) is 12.2 Å². The van der Waals surface area contributed by atoms with Gasteiger partial charge in [-0.15, -0.1) is 0 Å².